The Morgan fingerprint density at radius 1 is 1.31 bits per heavy atom. The lowest BCUT2D eigenvalue weighted by Crippen LogP contribution is -2.10. The predicted molar refractivity (Wildman–Crippen MR) is 46.0 cm³/mol. The fraction of sp³-hybridized carbons (Fsp3) is 0.500. The Labute approximate surface area is 76.3 Å². The Hall–Kier alpha value is -1.20. The van der Waals surface area contributed by atoms with Gasteiger partial charge in [0.1, 0.15) is 5.78 Å². The van der Waals surface area contributed by atoms with Crippen molar-refractivity contribution >= 4 is 11.8 Å². The summed E-state index contributed by atoms with van der Waals surface area (Å²) in [5.74, 6) is -1.04. The molecule has 0 fully saturated rings. The average molecular weight is 190 g/mol. The van der Waals surface area contributed by atoms with E-state index < -0.39 is 12.3 Å². The first-order valence-electron chi connectivity index (χ1n) is 3.51. The van der Waals surface area contributed by atoms with Gasteiger partial charge in [-0.3, -0.25) is 0 Å². The Bertz CT molecular complexity index is 191. The van der Waals surface area contributed by atoms with E-state index in [1.165, 1.54) is 13.8 Å². The molecule has 0 saturated carbocycles. The molecule has 0 rings (SSSR count). The van der Waals surface area contributed by atoms with Gasteiger partial charge in [0.2, 0.25) is 0 Å². The third-order valence-corrected chi connectivity index (χ3v) is 0.731. The fourth-order valence-corrected chi connectivity index (χ4v) is 0.308. The molecule has 0 spiro atoms. The number of carbonyl (C=O) groups is 2. The number of carboxylic acids is 1. The molecular weight excluding hydrogens is 176 g/mol. The summed E-state index contributed by atoms with van der Waals surface area (Å²) >= 11 is 0. The summed E-state index contributed by atoms with van der Waals surface area (Å²) in [6.45, 7) is 6.13. The van der Waals surface area contributed by atoms with Crippen LogP contribution in [0.5, 0.6) is 0 Å². The zero-order valence-corrected chi connectivity index (χ0v) is 7.65. The molecule has 0 radical (unpaired) electrons. The van der Waals surface area contributed by atoms with Crippen LogP contribution in [0.1, 0.15) is 20.3 Å². The highest BCUT2D eigenvalue weighted by Crippen LogP contribution is 1.99. The van der Waals surface area contributed by atoms with Crippen LogP contribution in [0.25, 0.3) is 0 Å². The first-order valence-corrected chi connectivity index (χ1v) is 3.51. The van der Waals surface area contributed by atoms with Crippen molar-refractivity contribution in [3.63, 3.8) is 0 Å². The number of rotatable bonds is 3. The zero-order chi connectivity index (χ0) is 11.0. The van der Waals surface area contributed by atoms with Crippen LogP contribution in [-0.2, 0) is 9.59 Å². The minimum Gasteiger partial charge on any atom is -0.478 e. The molecule has 0 heterocycles. The highest BCUT2D eigenvalue weighted by Gasteiger charge is 2.07. The van der Waals surface area contributed by atoms with Gasteiger partial charge in [0.15, 0.2) is 6.29 Å². The van der Waals surface area contributed by atoms with E-state index in [1.807, 2.05) is 0 Å². The van der Waals surface area contributed by atoms with E-state index in [2.05, 4.69) is 6.58 Å². The van der Waals surface area contributed by atoms with Gasteiger partial charge < -0.3 is 20.1 Å². The molecule has 0 aliphatic rings. The predicted octanol–water partition coefficient (Wildman–Crippen LogP) is -0.0767. The highest BCUT2D eigenvalue weighted by molar-refractivity contribution is 5.85. The van der Waals surface area contributed by atoms with Crippen molar-refractivity contribution in [2.24, 2.45) is 0 Å². The first-order chi connectivity index (χ1) is 5.77. The van der Waals surface area contributed by atoms with Gasteiger partial charge in [-0.25, -0.2) is 4.79 Å². The number of aliphatic hydroxyl groups excluding tert-OH is 1. The number of carbonyl (C=O) groups excluding carboxylic acids is 1. The molecule has 76 valence electrons. The topological polar surface area (TPSA) is 94.8 Å². The molecule has 0 amide bonds. The van der Waals surface area contributed by atoms with E-state index in [1.54, 1.807) is 0 Å². The molecule has 5 nitrogen and oxygen atoms in total. The molecule has 0 aliphatic carbocycles. The number of ketones is 1. The molecule has 0 saturated heterocycles. The van der Waals surface area contributed by atoms with Crippen LogP contribution in [0, 0.1) is 0 Å². The molecule has 3 N–H and O–H groups in total. The number of aliphatic carboxylic acids is 1. The summed E-state index contributed by atoms with van der Waals surface area (Å²) in [4.78, 5) is 19.4. The van der Waals surface area contributed by atoms with Crippen molar-refractivity contribution in [3.8, 4) is 0 Å². The summed E-state index contributed by atoms with van der Waals surface area (Å²) in [5.41, 5.74) is -0.204. The maximum atomic E-state index is 9.91. The van der Waals surface area contributed by atoms with Crippen molar-refractivity contribution in [1.82, 2.24) is 0 Å². The molecule has 0 bridgehead atoms. The highest BCUT2D eigenvalue weighted by atomic mass is 16.5. The molecular formula is C8H14O5. The summed E-state index contributed by atoms with van der Waals surface area (Å²) < 4.78 is 0. The number of hydrogen-bond acceptors (Lipinski definition) is 4. The van der Waals surface area contributed by atoms with Crippen LogP contribution >= 0.6 is 0 Å². The summed E-state index contributed by atoms with van der Waals surface area (Å²) in [5, 5.41) is 24.5. The van der Waals surface area contributed by atoms with E-state index in [9.17, 15) is 9.59 Å². The van der Waals surface area contributed by atoms with Gasteiger partial charge >= 0.3 is 5.97 Å². The lowest BCUT2D eigenvalue weighted by atomic mass is 10.2. The first kappa shape index (κ1) is 14.3. The normalized spacial score (nSPS) is 8.69. The van der Waals surface area contributed by atoms with Crippen molar-refractivity contribution in [2.45, 2.75) is 26.6 Å². The number of carboxylic acid groups (broad SMARTS) is 1. The number of hydrogen-bond donors (Lipinski definition) is 3. The molecule has 0 atom stereocenters. The molecule has 0 aromatic carbocycles. The van der Waals surface area contributed by atoms with E-state index in [0.29, 0.717) is 0 Å². The lowest BCUT2D eigenvalue weighted by Gasteiger charge is -2.00. The largest absolute Gasteiger partial charge is 0.478 e. The SMILES string of the molecule is C=C(CC(O)O)C(=O)O.CC(C)=O. The van der Waals surface area contributed by atoms with E-state index >= 15 is 0 Å². The Morgan fingerprint density at radius 3 is 1.69 bits per heavy atom. The van der Waals surface area contributed by atoms with Crippen molar-refractivity contribution in [3.05, 3.63) is 12.2 Å². The van der Waals surface area contributed by atoms with Crippen LogP contribution in [0.15, 0.2) is 12.2 Å². The Morgan fingerprint density at radius 2 is 1.62 bits per heavy atom. The van der Waals surface area contributed by atoms with E-state index in [4.69, 9.17) is 15.3 Å². The van der Waals surface area contributed by atoms with Crippen molar-refractivity contribution in [1.29, 1.82) is 0 Å². The third-order valence-electron chi connectivity index (χ3n) is 0.731. The van der Waals surface area contributed by atoms with Gasteiger partial charge in [-0.05, 0) is 13.8 Å². The second-order valence-electron chi connectivity index (χ2n) is 2.50. The Balaban J connectivity index is 0. The summed E-state index contributed by atoms with van der Waals surface area (Å²) in [6, 6.07) is 0. The Kier molecular flexibility index (Phi) is 8.21. The summed E-state index contributed by atoms with van der Waals surface area (Å²) in [6.07, 6.45) is -1.93. The standard InChI is InChI=1S/C5H8O4.C3H6O/c1-3(5(8)9)2-4(6)7;1-3(2)4/h4,6-7H,1-2H2,(H,8,9);1-2H3. The molecule has 0 aromatic rings. The summed E-state index contributed by atoms with van der Waals surface area (Å²) in [7, 11) is 0. The van der Waals surface area contributed by atoms with Crippen LogP contribution in [-0.4, -0.2) is 33.4 Å². The maximum Gasteiger partial charge on any atom is 0.331 e. The molecule has 0 aliphatic heterocycles. The second-order valence-corrected chi connectivity index (χ2v) is 2.50. The molecule has 13 heavy (non-hydrogen) atoms. The number of aliphatic hydroxyl groups is 2. The van der Waals surface area contributed by atoms with Crippen LogP contribution in [0.3, 0.4) is 0 Å². The quantitative estimate of drug-likeness (QED) is 0.427. The smallest absolute Gasteiger partial charge is 0.331 e. The van der Waals surface area contributed by atoms with E-state index in [-0.39, 0.29) is 17.8 Å². The minimum atomic E-state index is -1.62. The van der Waals surface area contributed by atoms with Crippen LogP contribution in [0.2, 0.25) is 0 Å². The van der Waals surface area contributed by atoms with Crippen LogP contribution < -0.4 is 0 Å². The van der Waals surface area contributed by atoms with Crippen molar-refractivity contribution < 1.29 is 24.9 Å². The maximum absolute atomic E-state index is 9.91. The van der Waals surface area contributed by atoms with Crippen LogP contribution in [0.4, 0.5) is 0 Å². The average Bonchev–Trinajstić information content (AvgIpc) is 1.83. The fourth-order valence-electron chi connectivity index (χ4n) is 0.308. The van der Waals surface area contributed by atoms with Gasteiger partial charge in [-0.1, -0.05) is 6.58 Å². The van der Waals surface area contributed by atoms with Gasteiger partial charge in [-0.2, -0.15) is 0 Å². The van der Waals surface area contributed by atoms with E-state index in [0.717, 1.165) is 0 Å². The monoisotopic (exact) mass is 190 g/mol. The molecule has 5 heteroatoms. The van der Waals surface area contributed by atoms with Gasteiger partial charge in [0.25, 0.3) is 0 Å². The van der Waals surface area contributed by atoms with Gasteiger partial charge in [0, 0.05) is 12.0 Å². The number of Topliss-reactive ketones (excluding diaryl/α,β-unsaturated/α-hetero) is 1. The third kappa shape index (κ3) is 18.1. The lowest BCUT2D eigenvalue weighted by molar-refractivity contribution is -0.134. The zero-order valence-electron chi connectivity index (χ0n) is 7.65. The van der Waals surface area contributed by atoms with Gasteiger partial charge in [0.05, 0.1) is 0 Å². The minimum absolute atomic E-state index is 0.167. The molecule has 0 unspecified atom stereocenters. The van der Waals surface area contributed by atoms with Crippen molar-refractivity contribution in [2.75, 3.05) is 0 Å². The van der Waals surface area contributed by atoms with Gasteiger partial charge in [-0.15, -0.1) is 0 Å². The molecule has 0 aromatic heterocycles. The second kappa shape index (κ2) is 7.45.